The van der Waals surface area contributed by atoms with Crippen molar-refractivity contribution in [2.45, 2.75) is 17.2 Å². The molecule has 1 N–H and O–H groups in total. The molecule has 0 radical (unpaired) electrons. The van der Waals surface area contributed by atoms with Gasteiger partial charge in [0.25, 0.3) is 0 Å². The minimum Gasteiger partial charge on any atom is -0.389 e. The summed E-state index contributed by atoms with van der Waals surface area (Å²) in [6, 6.07) is 4.64. The fraction of sp³-hybridized carbons (Fsp3) is 0.400. The van der Waals surface area contributed by atoms with Crippen LogP contribution < -0.4 is 0 Å². The van der Waals surface area contributed by atoms with E-state index in [0.29, 0.717) is 5.52 Å². The lowest BCUT2D eigenvalue weighted by atomic mass is 10.3. The molecule has 1 fully saturated rings. The summed E-state index contributed by atoms with van der Waals surface area (Å²) < 4.78 is 47.0. The maximum Gasteiger partial charge on any atom is 0.245 e. The van der Waals surface area contributed by atoms with Gasteiger partial charge in [-0.05, 0) is 12.1 Å². The molecule has 19 heavy (non-hydrogen) atoms. The summed E-state index contributed by atoms with van der Waals surface area (Å²) in [6.45, 7) is -0.574. The number of aromatic nitrogens is 2. The van der Waals surface area contributed by atoms with Gasteiger partial charge in [0.05, 0.1) is 11.7 Å². The molecule has 6 nitrogen and oxygen atoms in total. The van der Waals surface area contributed by atoms with Gasteiger partial charge >= 0.3 is 0 Å². The second kappa shape index (κ2) is 4.44. The Hall–Kier alpha value is -1.16. The molecule has 1 aromatic carbocycles. The molecule has 0 saturated carbocycles. The Morgan fingerprint density at radius 3 is 2.84 bits per heavy atom. The van der Waals surface area contributed by atoms with Gasteiger partial charge in [-0.25, -0.2) is 12.8 Å². The largest absolute Gasteiger partial charge is 0.389 e. The van der Waals surface area contributed by atoms with Crippen molar-refractivity contribution in [3.63, 3.8) is 0 Å². The van der Waals surface area contributed by atoms with Crippen LogP contribution in [-0.4, -0.2) is 51.9 Å². The summed E-state index contributed by atoms with van der Waals surface area (Å²) in [5.74, 6) is 0. The van der Waals surface area contributed by atoms with Gasteiger partial charge in [0.15, 0.2) is 0 Å². The van der Waals surface area contributed by atoms with Crippen molar-refractivity contribution in [2.24, 2.45) is 0 Å². The maximum atomic E-state index is 13.3. The number of hydrogen-bond acceptors (Lipinski definition) is 6. The number of alkyl halides is 1. The van der Waals surface area contributed by atoms with E-state index in [9.17, 15) is 17.9 Å². The van der Waals surface area contributed by atoms with Crippen molar-refractivity contribution < 1.29 is 17.9 Å². The molecule has 1 saturated heterocycles. The lowest BCUT2D eigenvalue weighted by molar-refractivity contribution is 0.117. The van der Waals surface area contributed by atoms with E-state index < -0.39 is 22.3 Å². The molecule has 1 aliphatic heterocycles. The molecule has 0 amide bonds. The Kier molecular flexibility index (Phi) is 3.01. The van der Waals surface area contributed by atoms with Gasteiger partial charge in [0, 0.05) is 13.1 Å². The highest BCUT2D eigenvalue weighted by Crippen LogP contribution is 2.27. The maximum absolute atomic E-state index is 13.3. The number of aliphatic hydroxyl groups is 1. The Morgan fingerprint density at radius 1 is 1.37 bits per heavy atom. The molecular weight excluding hydrogens is 293 g/mol. The fourth-order valence-electron chi connectivity index (χ4n) is 2.04. The first kappa shape index (κ1) is 12.9. The summed E-state index contributed by atoms with van der Waals surface area (Å²) in [5, 5.41) is 9.34. The zero-order chi connectivity index (χ0) is 13.6. The molecule has 0 aliphatic carbocycles. The van der Waals surface area contributed by atoms with Gasteiger partial charge < -0.3 is 5.11 Å². The van der Waals surface area contributed by atoms with Crippen LogP contribution >= 0.6 is 11.7 Å². The standard InChI is InChI=1S/C10H10FN3O3S2/c11-6-4-14(5-8(6)15)19(16,17)9-3-1-2-7-10(9)13-18-12-7/h1-3,6,8,15H,4-5H2/t6-,8-/m0/s1. The number of benzene rings is 1. The van der Waals surface area contributed by atoms with E-state index in [0.717, 1.165) is 16.0 Å². The van der Waals surface area contributed by atoms with Crippen LogP contribution in [0.5, 0.6) is 0 Å². The van der Waals surface area contributed by atoms with Gasteiger partial charge in [0.2, 0.25) is 10.0 Å². The topological polar surface area (TPSA) is 83.4 Å². The second-order valence-corrected chi connectivity index (χ2v) is 6.73. The van der Waals surface area contributed by atoms with E-state index in [4.69, 9.17) is 0 Å². The SMILES string of the molecule is O=S(=O)(c1cccc2nsnc12)N1C[C@H](O)[C@@H](F)C1. The highest BCUT2D eigenvalue weighted by atomic mass is 32.2. The third-order valence-electron chi connectivity index (χ3n) is 3.05. The zero-order valence-corrected chi connectivity index (χ0v) is 11.2. The Bertz CT molecular complexity index is 708. The van der Waals surface area contributed by atoms with Crippen molar-refractivity contribution in [1.82, 2.24) is 13.1 Å². The number of rotatable bonds is 2. The van der Waals surface area contributed by atoms with Crippen LogP contribution in [0.4, 0.5) is 4.39 Å². The average Bonchev–Trinajstić information content (AvgIpc) is 2.96. The summed E-state index contributed by atoms with van der Waals surface area (Å²) in [4.78, 5) is 0.0000463. The van der Waals surface area contributed by atoms with E-state index in [2.05, 4.69) is 8.75 Å². The molecular formula is C10H10FN3O3S2. The van der Waals surface area contributed by atoms with E-state index >= 15 is 0 Å². The molecule has 102 valence electrons. The number of sulfonamides is 1. The molecule has 0 unspecified atom stereocenters. The van der Waals surface area contributed by atoms with Gasteiger partial charge in [-0.3, -0.25) is 0 Å². The quantitative estimate of drug-likeness (QED) is 0.868. The van der Waals surface area contributed by atoms with Crippen molar-refractivity contribution in [2.75, 3.05) is 13.1 Å². The van der Waals surface area contributed by atoms with Gasteiger partial charge in [0.1, 0.15) is 28.2 Å². The van der Waals surface area contributed by atoms with E-state index in [-0.39, 0.29) is 23.5 Å². The van der Waals surface area contributed by atoms with Crippen LogP contribution in [0.3, 0.4) is 0 Å². The van der Waals surface area contributed by atoms with Crippen LogP contribution in [0, 0.1) is 0 Å². The van der Waals surface area contributed by atoms with Crippen LogP contribution in [-0.2, 0) is 10.0 Å². The summed E-state index contributed by atoms with van der Waals surface area (Å²) in [7, 11) is -3.86. The van der Waals surface area contributed by atoms with Crippen LogP contribution in [0.25, 0.3) is 11.0 Å². The second-order valence-electron chi connectivity index (χ2n) is 4.29. The molecule has 1 aromatic heterocycles. The van der Waals surface area contributed by atoms with E-state index in [1.807, 2.05) is 0 Å². The summed E-state index contributed by atoms with van der Waals surface area (Å²) in [5.41, 5.74) is 0.770. The molecule has 9 heteroatoms. The molecule has 2 atom stereocenters. The zero-order valence-electron chi connectivity index (χ0n) is 9.60. The minimum absolute atomic E-state index is 0.0000463. The molecule has 0 spiro atoms. The fourth-order valence-corrected chi connectivity index (χ4v) is 4.26. The Labute approximate surface area is 112 Å². The number of halogens is 1. The highest BCUT2D eigenvalue weighted by molar-refractivity contribution is 7.89. The predicted molar refractivity (Wildman–Crippen MR) is 67.1 cm³/mol. The molecule has 0 bridgehead atoms. The summed E-state index contributed by atoms with van der Waals surface area (Å²) in [6.07, 6.45) is -2.83. The van der Waals surface area contributed by atoms with Crippen molar-refractivity contribution >= 4 is 32.8 Å². The highest BCUT2D eigenvalue weighted by Gasteiger charge is 2.39. The molecule has 2 aromatic rings. The lowest BCUT2D eigenvalue weighted by Gasteiger charge is -2.15. The average molecular weight is 303 g/mol. The third kappa shape index (κ3) is 2.02. The molecule has 2 heterocycles. The van der Waals surface area contributed by atoms with E-state index in [1.165, 1.54) is 6.07 Å². The molecule has 1 aliphatic rings. The van der Waals surface area contributed by atoms with Crippen LogP contribution in [0.2, 0.25) is 0 Å². The summed E-state index contributed by atoms with van der Waals surface area (Å²) >= 11 is 0.920. The van der Waals surface area contributed by atoms with Crippen molar-refractivity contribution in [3.05, 3.63) is 18.2 Å². The van der Waals surface area contributed by atoms with Gasteiger partial charge in [-0.1, -0.05) is 6.07 Å². The number of hydrogen-bond donors (Lipinski definition) is 1. The number of nitrogens with zero attached hydrogens (tertiary/aromatic N) is 3. The molecule has 3 rings (SSSR count). The Balaban J connectivity index is 2.08. The first-order valence-electron chi connectivity index (χ1n) is 5.54. The van der Waals surface area contributed by atoms with Gasteiger partial charge in [-0.2, -0.15) is 13.1 Å². The van der Waals surface area contributed by atoms with Crippen LogP contribution in [0.1, 0.15) is 0 Å². The van der Waals surface area contributed by atoms with E-state index in [1.54, 1.807) is 12.1 Å². The lowest BCUT2D eigenvalue weighted by Crippen LogP contribution is -2.30. The normalized spacial score (nSPS) is 25.2. The number of fused-ring (bicyclic) bond motifs is 1. The smallest absolute Gasteiger partial charge is 0.245 e. The van der Waals surface area contributed by atoms with Crippen LogP contribution in [0.15, 0.2) is 23.1 Å². The van der Waals surface area contributed by atoms with Gasteiger partial charge in [-0.15, -0.1) is 0 Å². The third-order valence-corrected chi connectivity index (χ3v) is 5.46. The number of β-amino-alcohol motifs (C(OH)–C–C–N with tert-alkyl or cyclic N) is 1. The first-order valence-corrected chi connectivity index (χ1v) is 7.71. The first-order chi connectivity index (χ1) is 9.00. The monoisotopic (exact) mass is 303 g/mol. The minimum atomic E-state index is -3.86. The van der Waals surface area contributed by atoms with Crippen molar-refractivity contribution in [1.29, 1.82) is 0 Å². The predicted octanol–water partition coefficient (Wildman–Crippen LogP) is 0.395. The van der Waals surface area contributed by atoms with Crippen molar-refractivity contribution in [3.8, 4) is 0 Å². The number of aliphatic hydroxyl groups excluding tert-OH is 1. The Morgan fingerprint density at radius 2 is 2.16 bits per heavy atom.